The molecule has 3 rings (SSSR count). The van der Waals surface area contributed by atoms with Crippen LogP contribution >= 0.6 is 23.2 Å². The summed E-state index contributed by atoms with van der Waals surface area (Å²) in [5, 5.41) is 4.28. The molecule has 2 heterocycles. The fourth-order valence-corrected chi connectivity index (χ4v) is 3.26. The second-order valence-corrected chi connectivity index (χ2v) is 7.08. The second kappa shape index (κ2) is 7.93. The van der Waals surface area contributed by atoms with Crippen LogP contribution in [0.3, 0.4) is 0 Å². The van der Waals surface area contributed by atoms with E-state index in [0.717, 1.165) is 0 Å². The Hall–Kier alpha value is -2.38. The summed E-state index contributed by atoms with van der Waals surface area (Å²) >= 11 is 12.2. The number of ether oxygens (including phenoxy) is 2. The highest BCUT2D eigenvalue weighted by molar-refractivity contribution is 6.34. The molecule has 28 heavy (non-hydrogen) atoms. The van der Waals surface area contributed by atoms with Crippen LogP contribution in [0, 0.1) is 5.82 Å². The molecule has 9 heteroatoms. The quantitative estimate of drug-likeness (QED) is 0.513. The molecule has 0 fully saturated rings. The topological polar surface area (TPSA) is 70.0 Å². The van der Waals surface area contributed by atoms with Crippen LogP contribution in [-0.2, 0) is 14.4 Å². The molecule has 1 aromatic carbocycles. The van der Waals surface area contributed by atoms with Gasteiger partial charge in [0.15, 0.2) is 0 Å². The van der Waals surface area contributed by atoms with Crippen LogP contribution in [-0.4, -0.2) is 36.0 Å². The molecule has 1 atom stereocenters. The van der Waals surface area contributed by atoms with E-state index in [4.69, 9.17) is 37.5 Å². The summed E-state index contributed by atoms with van der Waals surface area (Å²) in [6.07, 6.45) is 0.136. The summed E-state index contributed by atoms with van der Waals surface area (Å²) in [5.74, 6) is -0.835. The van der Waals surface area contributed by atoms with Gasteiger partial charge in [0, 0.05) is 23.6 Å². The number of oxime groups is 1. The summed E-state index contributed by atoms with van der Waals surface area (Å²) in [4.78, 5) is 21.4. The van der Waals surface area contributed by atoms with Crippen molar-refractivity contribution in [3.05, 3.63) is 45.8 Å². The monoisotopic (exact) mass is 426 g/mol. The Labute approximate surface area is 171 Å². The molecule has 1 aliphatic heterocycles. The van der Waals surface area contributed by atoms with Gasteiger partial charge in [-0.3, -0.25) is 0 Å². The zero-order valence-corrected chi connectivity index (χ0v) is 16.9. The lowest BCUT2D eigenvalue weighted by Crippen LogP contribution is -2.37. The number of methoxy groups -OCH3 is 1. The average molecular weight is 427 g/mol. The number of rotatable bonds is 5. The van der Waals surface area contributed by atoms with Gasteiger partial charge < -0.3 is 14.3 Å². The van der Waals surface area contributed by atoms with Gasteiger partial charge in [-0.1, -0.05) is 28.4 Å². The minimum absolute atomic E-state index is 0.136. The van der Waals surface area contributed by atoms with E-state index in [9.17, 15) is 9.18 Å². The van der Waals surface area contributed by atoms with Crippen molar-refractivity contribution in [3.8, 4) is 17.0 Å². The van der Waals surface area contributed by atoms with Crippen LogP contribution in [0.5, 0.6) is 5.88 Å². The van der Waals surface area contributed by atoms with E-state index >= 15 is 0 Å². The molecule has 0 spiro atoms. The smallest absolute Gasteiger partial charge is 0.353 e. The maximum atomic E-state index is 14.6. The second-order valence-electron chi connectivity index (χ2n) is 6.29. The standard InChI is InChI=1S/C19H17Cl2FN2O4/c1-4-27-18(25)19(2)9-15(24-28-19)12-7-11(14(22)8-13(12)20)10-5-16(21)23-17(6-10)26-3/h5-8H,4,9H2,1-3H3. The van der Waals surface area contributed by atoms with Gasteiger partial charge in [0.05, 0.1) is 24.5 Å². The number of carbonyl (C=O) groups is 1. The molecule has 0 N–H and O–H groups in total. The molecule has 0 radical (unpaired) electrons. The number of hydrogen-bond donors (Lipinski definition) is 0. The molecular weight excluding hydrogens is 410 g/mol. The van der Waals surface area contributed by atoms with E-state index in [-0.39, 0.29) is 34.6 Å². The lowest BCUT2D eigenvalue weighted by Gasteiger charge is -2.18. The Bertz CT molecular complexity index is 967. The van der Waals surface area contributed by atoms with Gasteiger partial charge in [-0.25, -0.2) is 14.2 Å². The molecule has 148 valence electrons. The number of nitrogens with zero attached hydrogens (tertiary/aromatic N) is 2. The van der Waals surface area contributed by atoms with Crippen molar-refractivity contribution in [2.24, 2.45) is 5.16 Å². The molecular formula is C19H17Cl2FN2O4. The normalized spacial score (nSPS) is 18.4. The van der Waals surface area contributed by atoms with Crippen molar-refractivity contribution in [2.45, 2.75) is 25.9 Å². The number of halogens is 3. The molecule has 1 unspecified atom stereocenters. The van der Waals surface area contributed by atoms with Crippen LogP contribution in [0.4, 0.5) is 4.39 Å². The van der Waals surface area contributed by atoms with Crippen molar-refractivity contribution < 1.29 is 23.5 Å². The summed E-state index contributed by atoms with van der Waals surface area (Å²) in [6.45, 7) is 3.50. The minimum atomic E-state index is -1.26. The van der Waals surface area contributed by atoms with Gasteiger partial charge in [0.2, 0.25) is 11.5 Å². The minimum Gasteiger partial charge on any atom is -0.481 e. The van der Waals surface area contributed by atoms with Gasteiger partial charge >= 0.3 is 5.97 Å². The van der Waals surface area contributed by atoms with E-state index in [1.807, 2.05) is 0 Å². The predicted molar refractivity (Wildman–Crippen MR) is 103 cm³/mol. The molecule has 0 aliphatic carbocycles. The van der Waals surface area contributed by atoms with E-state index in [1.54, 1.807) is 19.9 Å². The van der Waals surface area contributed by atoms with Gasteiger partial charge in [-0.15, -0.1) is 0 Å². The van der Waals surface area contributed by atoms with Crippen LogP contribution in [0.2, 0.25) is 10.2 Å². The molecule has 2 aromatic rings. The summed E-state index contributed by atoms with van der Waals surface area (Å²) in [6, 6.07) is 5.77. The van der Waals surface area contributed by atoms with Gasteiger partial charge in [0.1, 0.15) is 11.0 Å². The van der Waals surface area contributed by atoms with Crippen LogP contribution in [0.15, 0.2) is 29.4 Å². The molecule has 0 saturated heterocycles. The zero-order chi connectivity index (χ0) is 20.5. The SMILES string of the molecule is CCOC(=O)C1(C)CC(c2cc(-c3cc(Cl)nc(OC)c3)c(F)cc2Cl)=NO1. The number of pyridine rings is 1. The van der Waals surface area contributed by atoms with Gasteiger partial charge in [0.25, 0.3) is 0 Å². The first-order chi connectivity index (χ1) is 13.3. The Morgan fingerprint density at radius 2 is 2.04 bits per heavy atom. The Kier molecular flexibility index (Phi) is 5.76. The van der Waals surface area contributed by atoms with Crippen molar-refractivity contribution in [1.82, 2.24) is 4.98 Å². The van der Waals surface area contributed by atoms with Crippen LogP contribution in [0.1, 0.15) is 25.8 Å². The summed E-state index contributed by atoms with van der Waals surface area (Å²) < 4.78 is 24.7. The molecule has 0 bridgehead atoms. The maximum absolute atomic E-state index is 14.6. The van der Waals surface area contributed by atoms with Crippen molar-refractivity contribution in [3.63, 3.8) is 0 Å². The number of hydrogen-bond acceptors (Lipinski definition) is 6. The van der Waals surface area contributed by atoms with E-state index in [1.165, 1.54) is 25.3 Å². The fraction of sp³-hybridized carbons (Fsp3) is 0.316. The molecule has 6 nitrogen and oxygen atoms in total. The number of aromatic nitrogens is 1. The van der Waals surface area contributed by atoms with Gasteiger partial charge in [-0.2, -0.15) is 0 Å². The number of benzene rings is 1. The average Bonchev–Trinajstić information content (AvgIpc) is 3.04. The van der Waals surface area contributed by atoms with E-state index in [0.29, 0.717) is 16.8 Å². The van der Waals surface area contributed by atoms with Gasteiger partial charge in [-0.05, 0) is 37.6 Å². The molecule has 0 amide bonds. The Morgan fingerprint density at radius 1 is 1.29 bits per heavy atom. The number of esters is 1. The Balaban J connectivity index is 2.00. The lowest BCUT2D eigenvalue weighted by atomic mass is 9.94. The summed E-state index contributed by atoms with van der Waals surface area (Å²) in [7, 11) is 1.44. The van der Waals surface area contributed by atoms with E-state index in [2.05, 4.69) is 10.1 Å². The first-order valence-electron chi connectivity index (χ1n) is 8.41. The highest BCUT2D eigenvalue weighted by atomic mass is 35.5. The first kappa shape index (κ1) is 20.4. The molecule has 0 saturated carbocycles. The highest BCUT2D eigenvalue weighted by Gasteiger charge is 2.44. The zero-order valence-electron chi connectivity index (χ0n) is 15.4. The first-order valence-corrected chi connectivity index (χ1v) is 9.16. The van der Waals surface area contributed by atoms with E-state index < -0.39 is 17.4 Å². The third-order valence-corrected chi connectivity index (χ3v) is 4.73. The van der Waals surface area contributed by atoms with Crippen molar-refractivity contribution >= 4 is 34.9 Å². The lowest BCUT2D eigenvalue weighted by molar-refractivity contribution is -0.166. The van der Waals surface area contributed by atoms with Crippen LogP contribution in [0.25, 0.3) is 11.1 Å². The predicted octanol–water partition coefficient (Wildman–Crippen LogP) is 4.65. The summed E-state index contributed by atoms with van der Waals surface area (Å²) in [5.41, 5.74) is 0.285. The van der Waals surface area contributed by atoms with Crippen molar-refractivity contribution in [2.75, 3.05) is 13.7 Å². The Morgan fingerprint density at radius 3 is 2.71 bits per heavy atom. The molecule has 1 aliphatic rings. The largest absolute Gasteiger partial charge is 0.481 e. The third kappa shape index (κ3) is 3.91. The van der Waals surface area contributed by atoms with Crippen LogP contribution < -0.4 is 4.74 Å². The maximum Gasteiger partial charge on any atom is 0.353 e. The third-order valence-electron chi connectivity index (χ3n) is 4.23. The highest BCUT2D eigenvalue weighted by Crippen LogP contribution is 2.35. The number of carbonyl (C=O) groups excluding carboxylic acids is 1. The molecule has 1 aromatic heterocycles. The van der Waals surface area contributed by atoms with Crippen molar-refractivity contribution in [1.29, 1.82) is 0 Å². The fourth-order valence-electron chi connectivity index (χ4n) is 2.80.